The molecule has 5 heteroatoms. The summed E-state index contributed by atoms with van der Waals surface area (Å²) in [6.45, 7) is 0. The first-order valence-corrected chi connectivity index (χ1v) is 5.96. The van der Waals surface area contributed by atoms with Crippen molar-refractivity contribution in [2.24, 2.45) is 0 Å². The molecule has 0 heterocycles. The SMILES string of the molecule is O=C1C=CCCC1=C=Cc1ccc(OC(F)(F)F)cc1. The van der Waals surface area contributed by atoms with Gasteiger partial charge in [0, 0.05) is 5.57 Å². The Hall–Kier alpha value is -2.26. The predicted molar refractivity (Wildman–Crippen MR) is 68.0 cm³/mol. The third-order valence-corrected chi connectivity index (χ3v) is 2.65. The van der Waals surface area contributed by atoms with Gasteiger partial charge in [0.05, 0.1) is 0 Å². The Labute approximate surface area is 113 Å². The standard InChI is InChI=1S/C15H11F3O2/c16-15(17,18)20-13-9-6-11(7-10-13)5-8-12-3-1-2-4-14(12)19/h2,4-7,9-10H,1,3H2. The summed E-state index contributed by atoms with van der Waals surface area (Å²) in [6.07, 6.45) is 1.60. The normalized spacial score (nSPS) is 14.9. The molecule has 0 N–H and O–H groups in total. The molecule has 0 fully saturated rings. The molecule has 2 rings (SSSR count). The minimum atomic E-state index is -4.69. The lowest BCUT2D eigenvalue weighted by molar-refractivity contribution is -0.274. The van der Waals surface area contributed by atoms with E-state index in [0.29, 0.717) is 17.6 Å². The van der Waals surface area contributed by atoms with Crippen LogP contribution in [0.15, 0.2) is 47.7 Å². The number of alkyl halides is 3. The maximum absolute atomic E-state index is 12.0. The zero-order valence-corrected chi connectivity index (χ0v) is 10.4. The zero-order chi connectivity index (χ0) is 14.6. The molecule has 20 heavy (non-hydrogen) atoms. The van der Waals surface area contributed by atoms with Crippen LogP contribution in [0.1, 0.15) is 18.4 Å². The molecule has 0 radical (unpaired) electrons. The van der Waals surface area contributed by atoms with Crippen LogP contribution < -0.4 is 4.74 Å². The van der Waals surface area contributed by atoms with E-state index in [2.05, 4.69) is 10.5 Å². The van der Waals surface area contributed by atoms with Crippen molar-refractivity contribution in [2.45, 2.75) is 19.2 Å². The molecule has 0 aliphatic heterocycles. The number of rotatable bonds is 2. The van der Waals surface area contributed by atoms with Gasteiger partial charge < -0.3 is 4.74 Å². The highest BCUT2D eigenvalue weighted by Crippen LogP contribution is 2.23. The fraction of sp³-hybridized carbons (Fsp3) is 0.200. The van der Waals surface area contributed by atoms with Gasteiger partial charge in [0.2, 0.25) is 0 Å². The van der Waals surface area contributed by atoms with Gasteiger partial charge >= 0.3 is 6.36 Å². The molecule has 0 saturated carbocycles. The number of hydrogen-bond donors (Lipinski definition) is 0. The summed E-state index contributed by atoms with van der Waals surface area (Å²) in [5, 5.41) is 0. The van der Waals surface area contributed by atoms with Crippen molar-refractivity contribution in [2.75, 3.05) is 0 Å². The molecule has 0 saturated heterocycles. The first-order valence-electron chi connectivity index (χ1n) is 5.96. The smallest absolute Gasteiger partial charge is 0.406 e. The van der Waals surface area contributed by atoms with Gasteiger partial charge in [-0.25, -0.2) is 0 Å². The minimum absolute atomic E-state index is 0.0791. The average molecular weight is 280 g/mol. The highest BCUT2D eigenvalue weighted by atomic mass is 19.4. The number of allylic oxidation sites excluding steroid dienone is 3. The van der Waals surface area contributed by atoms with Crippen LogP contribution >= 0.6 is 0 Å². The molecular formula is C15H11F3O2. The third kappa shape index (κ3) is 4.14. The monoisotopic (exact) mass is 280 g/mol. The molecular weight excluding hydrogens is 269 g/mol. The molecule has 1 aromatic carbocycles. The molecule has 0 unspecified atom stereocenters. The summed E-state index contributed by atoms with van der Waals surface area (Å²) in [5.74, 6) is -0.358. The molecule has 1 aromatic rings. The van der Waals surface area contributed by atoms with Crippen molar-refractivity contribution in [3.8, 4) is 5.75 Å². The Morgan fingerprint density at radius 2 is 1.90 bits per heavy atom. The second-order valence-electron chi connectivity index (χ2n) is 4.19. The topological polar surface area (TPSA) is 26.3 Å². The second-order valence-corrected chi connectivity index (χ2v) is 4.19. The number of carbonyl (C=O) groups is 1. The summed E-state index contributed by atoms with van der Waals surface area (Å²) in [5.41, 5.74) is 4.10. The fourth-order valence-corrected chi connectivity index (χ4v) is 1.72. The molecule has 2 nitrogen and oxygen atoms in total. The third-order valence-electron chi connectivity index (χ3n) is 2.65. The molecule has 0 atom stereocenters. The lowest BCUT2D eigenvalue weighted by Gasteiger charge is -2.08. The molecule has 1 aliphatic carbocycles. The van der Waals surface area contributed by atoms with Gasteiger partial charge in [-0.3, -0.25) is 4.79 Å². The number of ketones is 1. The van der Waals surface area contributed by atoms with Gasteiger partial charge in [-0.15, -0.1) is 18.9 Å². The number of carbonyl (C=O) groups excluding carboxylic acids is 1. The van der Waals surface area contributed by atoms with E-state index in [4.69, 9.17) is 0 Å². The van der Waals surface area contributed by atoms with Crippen LogP contribution in [0.2, 0.25) is 0 Å². The van der Waals surface area contributed by atoms with Crippen LogP contribution in [0, 0.1) is 0 Å². The van der Waals surface area contributed by atoms with E-state index in [1.807, 2.05) is 0 Å². The summed E-state index contributed by atoms with van der Waals surface area (Å²) in [4.78, 5) is 11.5. The average Bonchev–Trinajstić information content (AvgIpc) is 2.38. The van der Waals surface area contributed by atoms with Gasteiger partial charge in [-0.1, -0.05) is 18.2 Å². The molecule has 1 aliphatic rings. The van der Waals surface area contributed by atoms with Crippen LogP contribution in [-0.2, 0) is 4.79 Å². The molecule has 0 bridgehead atoms. The quantitative estimate of drug-likeness (QED) is 0.603. The van der Waals surface area contributed by atoms with E-state index < -0.39 is 6.36 Å². The number of ether oxygens (including phenoxy) is 1. The molecule has 104 valence electrons. The Kier molecular flexibility index (Phi) is 4.11. The Morgan fingerprint density at radius 1 is 1.20 bits per heavy atom. The fourth-order valence-electron chi connectivity index (χ4n) is 1.72. The summed E-state index contributed by atoms with van der Waals surface area (Å²) in [6, 6.07) is 5.37. The van der Waals surface area contributed by atoms with E-state index in [9.17, 15) is 18.0 Å². The van der Waals surface area contributed by atoms with Crippen molar-refractivity contribution in [3.05, 3.63) is 53.3 Å². The summed E-state index contributed by atoms with van der Waals surface area (Å²) >= 11 is 0. The zero-order valence-electron chi connectivity index (χ0n) is 10.4. The van der Waals surface area contributed by atoms with E-state index in [1.165, 1.54) is 30.3 Å². The minimum Gasteiger partial charge on any atom is -0.406 e. The highest BCUT2D eigenvalue weighted by Gasteiger charge is 2.30. The summed E-state index contributed by atoms with van der Waals surface area (Å²) in [7, 11) is 0. The lowest BCUT2D eigenvalue weighted by Crippen LogP contribution is -2.16. The highest BCUT2D eigenvalue weighted by molar-refractivity contribution is 6.04. The van der Waals surface area contributed by atoms with Crippen LogP contribution in [0.4, 0.5) is 13.2 Å². The van der Waals surface area contributed by atoms with Crippen molar-refractivity contribution in [1.82, 2.24) is 0 Å². The number of benzene rings is 1. The first kappa shape index (κ1) is 14.2. The van der Waals surface area contributed by atoms with Crippen LogP contribution in [0.5, 0.6) is 5.75 Å². The predicted octanol–water partition coefficient (Wildman–Crippen LogP) is 4.04. The van der Waals surface area contributed by atoms with Gasteiger partial charge in [0.25, 0.3) is 0 Å². The van der Waals surface area contributed by atoms with Crippen LogP contribution in [0.3, 0.4) is 0 Å². The maximum atomic E-state index is 12.0. The summed E-state index contributed by atoms with van der Waals surface area (Å²) < 4.78 is 39.7. The molecule has 0 amide bonds. The van der Waals surface area contributed by atoms with E-state index >= 15 is 0 Å². The maximum Gasteiger partial charge on any atom is 0.573 e. The van der Waals surface area contributed by atoms with E-state index in [0.717, 1.165) is 6.42 Å². The Morgan fingerprint density at radius 3 is 2.50 bits per heavy atom. The second kappa shape index (κ2) is 5.80. The van der Waals surface area contributed by atoms with Crippen LogP contribution in [-0.4, -0.2) is 12.1 Å². The van der Waals surface area contributed by atoms with Gasteiger partial charge in [-0.05, 0) is 42.7 Å². The largest absolute Gasteiger partial charge is 0.573 e. The van der Waals surface area contributed by atoms with Crippen LogP contribution in [0.25, 0.3) is 6.08 Å². The van der Waals surface area contributed by atoms with Crippen molar-refractivity contribution >= 4 is 11.9 Å². The van der Waals surface area contributed by atoms with E-state index in [1.54, 1.807) is 12.2 Å². The van der Waals surface area contributed by atoms with Crippen molar-refractivity contribution in [3.63, 3.8) is 0 Å². The lowest BCUT2D eigenvalue weighted by atomic mass is 10.0. The van der Waals surface area contributed by atoms with Gasteiger partial charge in [0.1, 0.15) is 5.75 Å². The van der Waals surface area contributed by atoms with E-state index in [-0.39, 0.29) is 11.5 Å². The van der Waals surface area contributed by atoms with Gasteiger partial charge in [-0.2, -0.15) is 0 Å². The molecule has 0 aromatic heterocycles. The molecule has 0 spiro atoms. The Balaban J connectivity index is 2.13. The van der Waals surface area contributed by atoms with Crippen molar-refractivity contribution < 1.29 is 22.7 Å². The number of halogens is 3. The van der Waals surface area contributed by atoms with Gasteiger partial charge in [0.15, 0.2) is 5.78 Å². The van der Waals surface area contributed by atoms with Crippen molar-refractivity contribution in [1.29, 1.82) is 0 Å². The Bertz CT molecular complexity index is 589. The first-order chi connectivity index (χ1) is 9.44. The number of hydrogen-bond acceptors (Lipinski definition) is 2.